The van der Waals surface area contributed by atoms with Crippen molar-refractivity contribution in [3.63, 3.8) is 0 Å². The molecular formula is C15H18BrN3OS. The van der Waals surface area contributed by atoms with Crippen molar-refractivity contribution in [1.82, 2.24) is 10.3 Å². The van der Waals surface area contributed by atoms with E-state index in [2.05, 4.69) is 52.2 Å². The lowest BCUT2D eigenvalue weighted by atomic mass is 9.84. The molecule has 0 aliphatic rings. The second kappa shape index (κ2) is 6.68. The van der Waals surface area contributed by atoms with Gasteiger partial charge in [0.15, 0.2) is 0 Å². The van der Waals surface area contributed by atoms with Gasteiger partial charge in [-0.15, -0.1) is 11.3 Å². The normalized spacial score (nSPS) is 11.4. The number of nitrogens with one attached hydrogen (secondary N) is 1. The Morgan fingerprint density at radius 1 is 1.38 bits per heavy atom. The Morgan fingerprint density at radius 2 is 2.05 bits per heavy atom. The fourth-order valence-corrected chi connectivity index (χ4v) is 2.82. The van der Waals surface area contributed by atoms with Gasteiger partial charge in [-0.05, 0) is 17.7 Å². The third kappa shape index (κ3) is 4.12. The number of hydrogen-bond acceptors (Lipinski definition) is 4. The third-order valence-electron chi connectivity index (χ3n) is 3.28. The van der Waals surface area contributed by atoms with Gasteiger partial charge in [0.2, 0.25) is 0 Å². The molecule has 0 radical (unpaired) electrons. The molecule has 3 N–H and O–H groups in total. The molecule has 0 saturated carbocycles. The first-order chi connectivity index (χ1) is 9.92. The highest BCUT2D eigenvalue weighted by Gasteiger charge is 2.22. The van der Waals surface area contributed by atoms with Crippen molar-refractivity contribution in [2.24, 2.45) is 5.73 Å². The minimum Gasteiger partial charge on any atom is -0.350 e. The fourth-order valence-electron chi connectivity index (χ4n) is 1.90. The van der Waals surface area contributed by atoms with Crippen molar-refractivity contribution >= 4 is 33.2 Å². The lowest BCUT2D eigenvalue weighted by molar-refractivity contribution is 0.0941. The number of benzene rings is 1. The summed E-state index contributed by atoms with van der Waals surface area (Å²) in [6.45, 7) is 5.11. The van der Waals surface area contributed by atoms with Crippen LogP contribution >= 0.6 is 27.3 Å². The summed E-state index contributed by atoms with van der Waals surface area (Å²) in [5.41, 5.74) is 6.97. The lowest BCUT2D eigenvalue weighted by Gasteiger charge is -2.25. The van der Waals surface area contributed by atoms with Crippen molar-refractivity contribution in [3.05, 3.63) is 50.4 Å². The molecule has 1 heterocycles. The first-order valence-corrected chi connectivity index (χ1v) is 8.28. The van der Waals surface area contributed by atoms with Crippen molar-refractivity contribution in [1.29, 1.82) is 0 Å². The molecule has 112 valence electrons. The monoisotopic (exact) mass is 367 g/mol. The van der Waals surface area contributed by atoms with Crippen LogP contribution in [0.3, 0.4) is 0 Å². The minimum absolute atomic E-state index is 0.150. The zero-order valence-electron chi connectivity index (χ0n) is 12.0. The zero-order chi connectivity index (χ0) is 15.5. The number of nitrogens with zero attached hydrogens (tertiary/aromatic N) is 1. The summed E-state index contributed by atoms with van der Waals surface area (Å²) in [6.07, 6.45) is 0. The molecule has 0 fully saturated rings. The van der Waals surface area contributed by atoms with E-state index in [1.165, 1.54) is 16.9 Å². The summed E-state index contributed by atoms with van der Waals surface area (Å²) >= 11 is 4.83. The second-order valence-corrected chi connectivity index (χ2v) is 7.26. The number of halogens is 1. The number of thiazole rings is 1. The molecule has 21 heavy (non-hydrogen) atoms. The van der Waals surface area contributed by atoms with Gasteiger partial charge in [0.25, 0.3) is 5.91 Å². The van der Waals surface area contributed by atoms with Gasteiger partial charge in [-0.2, -0.15) is 0 Å². The largest absolute Gasteiger partial charge is 0.350 e. The van der Waals surface area contributed by atoms with Gasteiger partial charge in [-0.25, -0.2) is 4.98 Å². The van der Waals surface area contributed by atoms with E-state index in [-0.39, 0.29) is 11.3 Å². The molecular weight excluding hydrogens is 350 g/mol. The van der Waals surface area contributed by atoms with Gasteiger partial charge in [-0.3, -0.25) is 4.79 Å². The highest BCUT2D eigenvalue weighted by atomic mass is 79.9. The summed E-state index contributed by atoms with van der Waals surface area (Å²) in [4.78, 5) is 16.3. The van der Waals surface area contributed by atoms with E-state index in [0.717, 1.165) is 9.48 Å². The lowest BCUT2D eigenvalue weighted by Crippen LogP contribution is -2.36. The SMILES string of the molecule is CC(C)(CNC(=O)c1csc(CN)n1)c1ccc(Br)cc1. The standard InChI is InChI=1S/C15H18BrN3OS/c1-15(2,10-3-5-11(16)6-4-10)9-18-14(20)12-8-21-13(7-17)19-12/h3-6,8H,7,9,17H2,1-2H3,(H,18,20). The Morgan fingerprint density at radius 3 is 2.62 bits per heavy atom. The average molecular weight is 368 g/mol. The maximum atomic E-state index is 12.1. The van der Waals surface area contributed by atoms with Crippen molar-refractivity contribution in [3.8, 4) is 0 Å². The average Bonchev–Trinajstić information content (AvgIpc) is 2.94. The van der Waals surface area contributed by atoms with Gasteiger partial charge in [0, 0.05) is 28.4 Å². The summed E-state index contributed by atoms with van der Waals surface area (Å²) in [7, 11) is 0. The van der Waals surface area contributed by atoms with Gasteiger partial charge in [-0.1, -0.05) is 41.9 Å². The van der Waals surface area contributed by atoms with Gasteiger partial charge >= 0.3 is 0 Å². The Hall–Kier alpha value is -1.24. The van der Waals surface area contributed by atoms with Crippen molar-refractivity contribution in [2.75, 3.05) is 6.54 Å². The number of amides is 1. The first-order valence-electron chi connectivity index (χ1n) is 6.61. The predicted octanol–water partition coefficient (Wildman–Crippen LogP) is 3.07. The summed E-state index contributed by atoms with van der Waals surface area (Å²) < 4.78 is 1.04. The van der Waals surface area contributed by atoms with E-state index in [4.69, 9.17) is 5.73 Å². The molecule has 0 unspecified atom stereocenters. The quantitative estimate of drug-likeness (QED) is 0.852. The van der Waals surface area contributed by atoms with Gasteiger partial charge in [0.1, 0.15) is 10.7 Å². The number of hydrogen-bond donors (Lipinski definition) is 2. The number of carbonyl (C=O) groups excluding carboxylic acids is 1. The fraction of sp³-hybridized carbons (Fsp3) is 0.333. The van der Waals surface area contributed by atoms with Crippen LogP contribution in [0, 0.1) is 0 Å². The molecule has 2 aromatic rings. The predicted molar refractivity (Wildman–Crippen MR) is 89.5 cm³/mol. The number of aromatic nitrogens is 1. The molecule has 0 aliphatic carbocycles. The van der Waals surface area contributed by atoms with Crippen LogP contribution in [0.15, 0.2) is 34.1 Å². The Kier molecular flexibility index (Phi) is 5.13. The third-order valence-corrected chi connectivity index (χ3v) is 4.68. The van der Waals surface area contributed by atoms with E-state index in [1.807, 2.05) is 12.1 Å². The molecule has 0 atom stereocenters. The molecule has 1 aromatic carbocycles. The number of rotatable bonds is 5. The minimum atomic E-state index is -0.156. The molecule has 0 bridgehead atoms. The van der Waals surface area contributed by atoms with Crippen LogP contribution < -0.4 is 11.1 Å². The van der Waals surface area contributed by atoms with Crippen LogP contribution in [0.5, 0.6) is 0 Å². The highest BCUT2D eigenvalue weighted by Crippen LogP contribution is 2.24. The molecule has 6 heteroatoms. The second-order valence-electron chi connectivity index (χ2n) is 5.40. The molecule has 0 saturated heterocycles. The molecule has 4 nitrogen and oxygen atoms in total. The van der Waals surface area contributed by atoms with E-state index in [0.29, 0.717) is 18.8 Å². The van der Waals surface area contributed by atoms with Crippen LogP contribution in [0.1, 0.15) is 34.9 Å². The van der Waals surface area contributed by atoms with E-state index >= 15 is 0 Å². The van der Waals surface area contributed by atoms with E-state index in [1.54, 1.807) is 5.38 Å². The molecule has 0 aliphatic heterocycles. The summed E-state index contributed by atoms with van der Waals surface area (Å²) in [6, 6.07) is 8.14. The van der Waals surface area contributed by atoms with Crippen LogP contribution in [0.4, 0.5) is 0 Å². The van der Waals surface area contributed by atoms with Crippen LogP contribution in [0.25, 0.3) is 0 Å². The van der Waals surface area contributed by atoms with Crippen LogP contribution in [-0.2, 0) is 12.0 Å². The molecule has 0 spiro atoms. The molecule has 2 rings (SSSR count). The summed E-state index contributed by atoms with van der Waals surface area (Å²) in [5.74, 6) is -0.156. The molecule has 1 amide bonds. The van der Waals surface area contributed by atoms with Gasteiger partial charge < -0.3 is 11.1 Å². The topological polar surface area (TPSA) is 68.0 Å². The van der Waals surface area contributed by atoms with Crippen molar-refractivity contribution in [2.45, 2.75) is 25.8 Å². The maximum Gasteiger partial charge on any atom is 0.270 e. The van der Waals surface area contributed by atoms with E-state index in [9.17, 15) is 4.79 Å². The Labute approximate surface area is 136 Å². The van der Waals surface area contributed by atoms with E-state index < -0.39 is 0 Å². The summed E-state index contributed by atoms with van der Waals surface area (Å²) in [5, 5.41) is 5.45. The van der Waals surface area contributed by atoms with Crippen LogP contribution in [-0.4, -0.2) is 17.4 Å². The number of carbonyl (C=O) groups is 1. The van der Waals surface area contributed by atoms with Gasteiger partial charge in [0.05, 0.1) is 0 Å². The Balaban J connectivity index is 2.00. The first kappa shape index (κ1) is 16.1. The number of nitrogens with two attached hydrogens (primary N) is 1. The van der Waals surface area contributed by atoms with Crippen molar-refractivity contribution < 1.29 is 4.79 Å². The maximum absolute atomic E-state index is 12.1. The smallest absolute Gasteiger partial charge is 0.270 e. The highest BCUT2D eigenvalue weighted by molar-refractivity contribution is 9.10. The van der Waals surface area contributed by atoms with Crippen LogP contribution in [0.2, 0.25) is 0 Å². The zero-order valence-corrected chi connectivity index (χ0v) is 14.4. The Bertz CT molecular complexity index is 622. The molecule has 1 aromatic heterocycles.